The summed E-state index contributed by atoms with van der Waals surface area (Å²) in [6.07, 6.45) is -0.979. The first-order chi connectivity index (χ1) is 14.9. The van der Waals surface area contributed by atoms with Crippen molar-refractivity contribution in [2.45, 2.75) is 19.6 Å². The van der Waals surface area contributed by atoms with E-state index in [0.717, 1.165) is 37.2 Å². The van der Waals surface area contributed by atoms with E-state index in [9.17, 15) is 14.0 Å². The number of rotatable bonds is 6. The quantitative estimate of drug-likeness (QED) is 0.644. The first-order valence-corrected chi connectivity index (χ1v) is 11.8. The highest BCUT2D eigenvalue weighted by atomic mass is 79.9. The second-order valence-electron chi connectivity index (χ2n) is 7.68. The van der Waals surface area contributed by atoms with E-state index in [4.69, 9.17) is 4.74 Å². The van der Waals surface area contributed by atoms with Crippen LogP contribution in [0.4, 0.5) is 20.6 Å². The normalized spacial score (nSPS) is 19.6. The number of halogens is 2. The van der Waals surface area contributed by atoms with Crippen molar-refractivity contribution in [3.63, 3.8) is 0 Å². The van der Waals surface area contributed by atoms with Crippen LogP contribution >= 0.6 is 27.3 Å². The fourth-order valence-corrected chi connectivity index (χ4v) is 5.31. The molecule has 31 heavy (non-hydrogen) atoms. The molecule has 1 aromatic heterocycles. The Morgan fingerprint density at radius 1 is 1.29 bits per heavy atom. The van der Waals surface area contributed by atoms with Crippen LogP contribution < -0.4 is 15.1 Å². The summed E-state index contributed by atoms with van der Waals surface area (Å²) in [6, 6.07) is 6.99. The molecule has 0 unspecified atom stereocenters. The SMILES string of the molecule is CC(=O)NC[C@H]1CN(c2ccc(N3CCN(Cc4cc(Br)cs4)CC3)c(F)c2)C(=O)O1. The van der Waals surface area contributed by atoms with E-state index >= 15 is 0 Å². The molecule has 2 aliphatic heterocycles. The van der Waals surface area contributed by atoms with Crippen molar-refractivity contribution in [2.75, 3.05) is 49.1 Å². The second kappa shape index (κ2) is 9.54. The lowest BCUT2D eigenvalue weighted by Gasteiger charge is -2.36. The Labute approximate surface area is 192 Å². The molecule has 2 fully saturated rings. The minimum absolute atomic E-state index is 0.187. The molecule has 1 N–H and O–H groups in total. The van der Waals surface area contributed by atoms with Gasteiger partial charge in [0.05, 0.1) is 24.5 Å². The Morgan fingerprint density at radius 3 is 2.71 bits per heavy atom. The molecular formula is C21H24BrFN4O3S. The van der Waals surface area contributed by atoms with Gasteiger partial charge in [-0.3, -0.25) is 14.6 Å². The summed E-state index contributed by atoms with van der Waals surface area (Å²) in [5.74, 6) is -0.542. The number of anilines is 2. The van der Waals surface area contributed by atoms with Crippen LogP contribution in [0.1, 0.15) is 11.8 Å². The standard InChI is InChI=1S/C21H24BrFN4O3S/c1-14(28)24-10-17-11-27(21(29)30-17)16-2-3-20(19(23)9-16)26-6-4-25(5-7-26)12-18-8-15(22)13-31-18/h2-3,8-9,13,17H,4-7,10-12H2,1H3,(H,24,28)/t17-/m0/s1. The average molecular weight is 511 g/mol. The maximum absolute atomic E-state index is 14.9. The lowest BCUT2D eigenvalue weighted by atomic mass is 10.2. The number of amides is 2. The van der Waals surface area contributed by atoms with E-state index in [1.54, 1.807) is 23.5 Å². The number of piperazine rings is 1. The molecule has 4 rings (SSSR count). The van der Waals surface area contributed by atoms with Crippen LogP contribution in [0.5, 0.6) is 0 Å². The topological polar surface area (TPSA) is 65.1 Å². The monoisotopic (exact) mass is 510 g/mol. The number of carbonyl (C=O) groups is 2. The molecule has 7 nitrogen and oxygen atoms in total. The minimum atomic E-state index is -0.531. The number of cyclic esters (lactones) is 1. The van der Waals surface area contributed by atoms with Crippen molar-refractivity contribution in [2.24, 2.45) is 0 Å². The third kappa shape index (κ3) is 5.36. The van der Waals surface area contributed by atoms with E-state index in [2.05, 4.69) is 37.6 Å². The highest BCUT2D eigenvalue weighted by Crippen LogP contribution is 2.29. The summed E-state index contributed by atoms with van der Waals surface area (Å²) in [5.41, 5.74) is 1.00. The molecule has 0 radical (unpaired) electrons. The molecule has 10 heteroatoms. The summed E-state index contributed by atoms with van der Waals surface area (Å²) >= 11 is 5.22. The predicted octanol–water partition coefficient (Wildman–Crippen LogP) is 3.43. The Hall–Kier alpha value is -2.17. The molecule has 2 aromatic rings. The van der Waals surface area contributed by atoms with E-state index in [1.807, 2.05) is 4.90 Å². The third-order valence-corrected chi connectivity index (χ3v) is 7.09. The number of nitrogens with zero attached hydrogens (tertiary/aromatic N) is 3. The molecule has 166 valence electrons. The zero-order valence-electron chi connectivity index (χ0n) is 17.1. The van der Waals surface area contributed by atoms with Crippen LogP contribution in [0, 0.1) is 5.82 Å². The van der Waals surface area contributed by atoms with Gasteiger partial charge in [0.1, 0.15) is 11.9 Å². The lowest BCUT2D eigenvalue weighted by Crippen LogP contribution is -2.46. The first-order valence-electron chi connectivity index (χ1n) is 10.1. The molecule has 0 spiro atoms. The summed E-state index contributed by atoms with van der Waals surface area (Å²) in [7, 11) is 0. The van der Waals surface area contributed by atoms with Gasteiger partial charge in [0.25, 0.3) is 0 Å². The average Bonchev–Trinajstić information content (AvgIpc) is 3.32. The number of hydrogen-bond acceptors (Lipinski definition) is 6. The van der Waals surface area contributed by atoms with Crippen LogP contribution in [-0.2, 0) is 16.1 Å². The summed E-state index contributed by atoms with van der Waals surface area (Å²) in [5, 5.41) is 4.72. The number of hydrogen-bond donors (Lipinski definition) is 1. The Kier molecular flexibility index (Phi) is 6.78. The second-order valence-corrected chi connectivity index (χ2v) is 9.60. The van der Waals surface area contributed by atoms with Gasteiger partial charge >= 0.3 is 6.09 Å². The first kappa shape index (κ1) is 22.0. The third-order valence-electron chi connectivity index (χ3n) is 5.41. The summed E-state index contributed by atoms with van der Waals surface area (Å²) in [6.45, 7) is 6.03. The van der Waals surface area contributed by atoms with Crippen molar-refractivity contribution >= 4 is 50.6 Å². The number of thiophene rings is 1. The fraction of sp³-hybridized carbons (Fsp3) is 0.429. The van der Waals surface area contributed by atoms with Gasteiger partial charge < -0.3 is 15.0 Å². The largest absolute Gasteiger partial charge is 0.442 e. The maximum atomic E-state index is 14.9. The van der Waals surface area contributed by atoms with E-state index < -0.39 is 12.2 Å². The molecule has 2 aliphatic rings. The van der Waals surface area contributed by atoms with Crippen molar-refractivity contribution in [1.82, 2.24) is 10.2 Å². The summed E-state index contributed by atoms with van der Waals surface area (Å²) < 4.78 is 21.3. The smallest absolute Gasteiger partial charge is 0.414 e. The van der Waals surface area contributed by atoms with Crippen molar-refractivity contribution in [3.05, 3.63) is 44.8 Å². The van der Waals surface area contributed by atoms with Gasteiger partial charge in [-0.05, 0) is 40.2 Å². The highest BCUT2D eigenvalue weighted by Gasteiger charge is 2.33. The van der Waals surface area contributed by atoms with Gasteiger partial charge in [-0.25, -0.2) is 9.18 Å². The van der Waals surface area contributed by atoms with Gasteiger partial charge in [0.15, 0.2) is 0 Å². The van der Waals surface area contributed by atoms with Gasteiger partial charge in [0, 0.05) is 54.4 Å². The zero-order valence-corrected chi connectivity index (χ0v) is 19.5. The van der Waals surface area contributed by atoms with Crippen molar-refractivity contribution in [3.8, 4) is 0 Å². The molecule has 2 amide bonds. The van der Waals surface area contributed by atoms with Gasteiger partial charge in [0.2, 0.25) is 5.91 Å². The van der Waals surface area contributed by atoms with Gasteiger partial charge in [-0.15, -0.1) is 11.3 Å². The van der Waals surface area contributed by atoms with Gasteiger partial charge in [-0.1, -0.05) is 0 Å². The number of benzene rings is 1. The van der Waals surface area contributed by atoms with Crippen molar-refractivity contribution in [1.29, 1.82) is 0 Å². The Bertz CT molecular complexity index is 964. The molecule has 0 bridgehead atoms. The zero-order chi connectivity index (χ0) is 22.0. The van der Waals surface area contributed by atoms with E-state index in [1.165, 1.54) is 22.8 Å². The van der Waals surface area contributed by atoms with E-state index in [0.29, 0.717) is 11.4 Å². The molecule has 3 heterocycles. The molecular weight excluding hydrogens is 487 g/mol. The summed E-state index contributed by atoms with van der Waals surface area (Å²) in [4.78, 5) is 30.3. The van der Waals surface area contributed by atoms with Crippen LogP contribution in [0.3, 0.4) is 0 Å². The van der Waals surface area contributed by atoms with Crippen molar-refractivity contribution < 1.29 is 18.7 Å². The van der Waals surface area contributed by atoms with Crippen LogP contribution in [-0.4, -0.2) is 62.3 Å². The van der Waals surface area contributed by atoms with Crippen LogP contribution in [0.2, 0.25) is 0 Å². The highest BCUT2D eigenvalue weighted by molar-refractivity contribution is 9.10. The molecule has 0 aliphatic carbocycles. The number of nitrogens with one attached hydrogen (secondary N) is 1. The lowest BCUT2D eigenvalue weighted by molar-refractivity contribution is -0.119. The molecule has 1 atom stereocenters. The molecule has 1 aromatic carbocycles. The Morgan fingerprint density at radius 2 is 2.06 bits per heavy atom. The maximum Gasteiger partial charge on any atom is 0.414 e. The Balaban J connectivity index is 1.35. The molecule has 0 saturated carbocycles. The van der Waals surface area contributed by atoms with E-state index in [-0.39, 0.29) is 24.8 Å². The van der Waals surface area contributed by atoms with Gasteiger partial charge in [-0.2, -0.15) is 0 Å². The number of ether oxygens (including phenoxy) is 1. The fourth-order valence-electron chi connectivity index (χ4n) is 3.82. The minimum Gasteiger partial charge on any atom is -0.442 e. The molecule has 2 saturated heterocycles. The van der Waals surface area contributed by atoms with Crippen LogP contribution in [0.15, 0.2) is 34.1 Å². The number of carbonyl (C=O) groups excluding carboxylic acids is 2. The van der Waals surface area contributed by atoms with Crippen LogP contribution in [0.25, 0.3) is 0 Å². The predicted molar refractivity (Wildman–Crippen MR) is 122 cm³/mol.